The molecule has 0 saturated carbocycles. The predicted molar refractivity (Wildman–Crippen MR) is 115 cm³/mol. The van der Waals surface area contributed by atoms with Crippen molar-refractivity contribution in [1.82, 2.24) is 24.7 Å². The van der Waals surface area contributed by atoms with E-state index in [4.69, 9.17) is 20.9 Å². The first-order chi connectivity index (χ1) is 15.4. The summed E-state index contributed by atoms with van der Waals surface area (Å²) in [6, 6.07) is 7.53. The van der Waals surface area contributed by atoms with E-state index >= 15 is 0 Å². The van der Waals surface area contributed by atoms with Crippen LogP contribution in [-0.2, 0) is 18.3 Å². The van der Waals surface area contributed by atoms with Gasteiger partial charge in [0.1, 0.15) is 12.2 Å². The van der Waals surface area contributed by atoms with Gasteiger partial charge in [0.25, 0.3) is 11.5 Å². The number of ether oxygens (including phenoxy) is 1. The van der Waals surface area contributed by atoms with Crippen molar-refractivity contribution in [3.05, 3.63) is 74.5 Å². The van der Waals surface area contributed by atoms with Gasteiger partial charge in [0.05, 0.1) is 19.0 Å². The number of aryl methyl sites for hydroxylation is 1. The molecule has 2 aromatic heterocycles. The average Bonchev–Trinajstić information content (AvgIpc) is 3.45. The molecule has 0 aliphatic carbocycles. The van der Waals surface area contributed by atoms with Crippen molar-refractivity contribution in [3.63, 3.8) is 0 Å². The van der Waals surface area contributed by atoms with Crippen molar-refractivity contribution in [3.8, 4) is 0 Å². The summed E-state index contributed by atoms with van der Waals surface area (Å²) in [6.07, 6.45) is 1.90. The van der Waals surface area contributed by atoms with Gasteiger partial charge in [-0.3, -0.25) is 9.59 Å². The molecule has 1 aromatic carbocycles. The molecule has 0 bridgehead atoms. The zero-order chi connectivity index (χ0) is 22.8. The number of amides is 1. The number of hydrazone groups is 1. The van der Waals surface area contributed by atoms with Crippen molar-refractivity contribution in [1.29, 1.82) is 0 Å². The van der Waals surface area contributed by atoms with Gasteiger partial charge in [0, 0.05) is 30.3 Å². The van der Waals surface area contributed by atoms with Crippen LogP contribution < -0.4 is 5.56 Å². The quantitative estimate of drug-likeness (QED) is 0.413. The number of hydrogen-bond donors (Lipinski definition) is 0. The number of carbonyl (C=O) groups excluding carboxylic acids is 1. The third kappa shape index (κ3) is 4.32. The lowest BCUT2D eigenvalue weighted by atomic mass is 10.0. The van der Waals surface area contributed by atoms with Crippen molar-refractivity contribution < 1.29 is 14.1 Å². The van der Waals surface area contributed by atoms with Crippen LogP contribution >= 0.6 is 11.6 Å². The van der Waals surface area contributed by atoms with E-state index in [9.17, 15) is 9.59 Å². The SMILES string of the molecule is C=NN(Cc1nc([C@@H]2CO[C@@H](c3ccc(Cl)cc3)C2)no1)C(=O)c1c(C)c(=O)ncn1C. The van der Waals surface area contributed by atoms with Gasteiger partial charge in [0.2, 0.25) is 5.89 Å². The molecule has 1 aliphatic heterocycles. The van der Waals surface area contributed by atoms with E-state index in [0.717, 1.165) is 10.6 Å². The van der Waals surface area contributed by atoms with E-state index < -0.39 is 11.5 Å². The summed E-state index contributed by atoms with van der Waals surface area (Å²) in [6.45, 7) is 5.35. The van der Waals surface area contributed by atoms with Crippen LogP contribution in [0.1, 0.15) is 51.8 Å². The second-order valence-corrected chi connectivity index (χ2v) is 7.93. The van der Waals surface area contributed by atoms with Crippen molar-refractivity contribution in [2.24, 2.45) is 12.1 Å². The summed E-state index contributed by atoms with van der Waals surface area (Å²) in [5.41, 5.74) is 0.932. The van der Waals surface area contributed by atoms with Gasteiger partial charge in [-0.1, -0.05) is 28.9 Å². The lowest BCUT2D eigenvalue weighted by Crippen LogP contribution is -2.31. The van der Waals surface area contributed by atoms with Gasteiger partial charge < -0.3 is 13.8 Å². The molecule has 0 N–H and O–H groups in total. The zero-order valence-corrected chi connectivity index (χ0v) is 18.3. The maximum Gasteiger partial charge on any atom is 0.291 e. The van der Waals surface area contributed by atoms with Crippen LogP contribution in [0.15, 0.2) is 45.0 Å². The molecule has 11 heteroatoms. The largest absolute Gasteiger partial charge is 0.373 e. The Hall–Kier alpha value is -3.37. The molecule has 2 atom stereocenters. The van der Waals surface area contributed by atoms with E-state index in [1.54, 1.807) is 7.05 Å². The minimum absolute atomic E-state index is 0.0442. The Labute approximate surface area is 188 Å². The van der Waals surface area contributed by atoms with E-state index in [0.29, 0.717) is 23.9 Å². The summed E-state index contributed by atoms with van der Waals surface area (Å²) in [5.74, 6) is 0.136. The topological polar surface area (TPSA) is 116 Å². The maximum absolute atomic E-state index is 12.9. The molecule has 0 radical (unpaired) electrons. The molecule has 0 spiro atoms. The summed E-state index contributed by atoms with van der Waals surface area (Å²) in [5, 5.41) is 9.57. The normalized spacial score (nSPS) is 18.0. The molecule has 3 heterocycles. The molecule has 1 fully saturated rings. The van der Waals surface area contributed by atoms with Crippen LogP contribution in [0.3, 0.4) is 0 Å². The van der Waals surface area contributed by atoms with Gasteiger partial charge >= 0.3 is 0 Å². The molecule has 10 nitrogen and oxygen atoms in total. The Morgan fingerprint density at radius 1 is 1.38 bits per heavy atom. The molecule has 1 saturated heterocycles. The predicted octanol–water partition coefficient (Wildman–Crippen LogP) is 2.63. The Morgan fingerprint density at radius 2 is 2.12 bits per heavy atom. The number of benzene rings is 1. The van der Waals surface area contributed by atoms with E-state index in [1.807, 2.05) is 24.3 Å². The molecule has 4 rings (SSSR count). The maximum atomic E-state index is 12.9. The van der Waals surface area contributed by atoms with E-state index in [-0.39, 0.29) is 35.7 Å². The lowest BCUT2D eigenvalue weighted by molar-refractivity contribution is 0.0720. The number of rotatable bonds is 6. The minimum atomic E-state index is -0.522. The Bertz CT molecular complexity index is 1210. The smallest absolute Gasteiger partial charge is 0.291 e. The Kier molecular flexibility index (Phi) is 6.15. The van der Waals surface area contributed by atoms with Crippen molar-refractivity contribution in [2.75, 3.05) is 6.61 Å². The van der Waals surface area contributed by atoms with Crippen LogP contribution in [-0.4, -0.2) is 43.9 Å². The Morgan fingerprint density at radius 3 is 2.84 bits per heavy atom. The van der Waals surface area contributed by atoms with Crippen LogP contribution in [0.2, 0.25) is 5.02 Å². The highest BCUT2D eigenvalue weighted by molar-refractivity contribution is 6.30. The average molecular weight is 457 g/mol. The molecule has 32 heavy (non-hydrogen) atoms. The number of nitrogens with zero attached hydrogens (tertiary/aromatic N) is 6. The van der Waals surface area contributed by atoms with Gasteiger partial charge in [-0.2, -0.15) is 15.1 Å². The van der Waals surface area contributed by atoms with Crippen LogP contribution in [0.4, 0.5) is 0 Å². The molecular formula is C21H21ClN6O4. The first-order valence-corrected chi connectivity index (χ1v) is 10.3. The fraction of sp³-hybridized carbons (Fsp3) is 0.333. The second-order valence-electron chi connectivity index (χ2n) is 7.49. The summed E-state index contributed by atoms with van der Waals surface area (Å²) in [4.78, 5) is 32.9. The van der Waals surface area contributed by atoms with Crippen LogP contribution in [0.25, 0.3) is 0 Å². The molecule has 3 aromatic rings. The lowest BCUT2D eigenvalue weighted by Gasteiger charge is -2.17. The number of aromatic nitrogens is 4. The fourth-order valence-electron chi connectivity index (χ4n) is 3.62. The molecule has 166 valence electrons. The first-order valence-electron chi connectivity index (χ1n) is 9.87. The summed E-state index contributed by atoms with van der Waals surface area (Å²) in [7, 11) is 1.62. The highest BCUT2D eigenvalue weighted by Crippen LogP contribution is 2.37. The fourth-order valence-corrected chi connectivity index (χ4v) is 3.75. The van der Waals surface area contributed by atoms with Gasteiger partial charge in [-0.25, -0.2) is 5.01 Å². The van der Waals surface area contributed by atoms with Crippen LogP contribution in [0, 0.1) is 6.92 Å². The standard InChI is InChI=1S/C21H21ClN6O4/c1-12-18(27(3)11-24-20(12)29)21(30)28(23-2)9-17-25-19(26-32-17)14-8-16(31-10-14)13-4-6-15(22)7-5-13/h4-7,11,14,16H,2,8-10H2,1,3H3/t14-,16+/m0/s1. The van der Waals surface area contributed by atoms with Gasteiger partial charge in [-0.05, 0) is 31.0 Å². The summed E-state index contributed by atoms with van der Waals surface area (Å²) >= 11 is 5.95. The van der Waals surface area contributed by atoms with Crippen molar-refractivity contribution in [2.45, 2.75) is 31.9 Å². The Balaban J connectivity index is 1.46. The van der Waals surface area contributed by atoms with E-state index in [2.05, 4.69) is 26.9 Å². The highest BCUT2D eigenvalue weighted by Gasteiger charge is 2.32. The summed E-state index contributed by atoms with van der Waals surface area (Å²) < 4.78 is 12.7. The molecule has 1 aliphatic rings. The monoisotopic (exact) mass is 456 g/mol. The molecular weight excluding hydrogens is 436 g/mol. The third-order valence-corrected chi connectivity index (χ3v) is 5.61. The van der Waals surface area contributed by atoms with Crippen molar-refractivity contribution >= 4 is 24.2 Å². The van der Waals surface area contributed by atoms with Gasteiger partial charge in [0.15, 0.2) is 5.82 Å². The number of carbonyl (C=O) groups is 1. The van der Waals surface area contributed by atoms with E-state index in [1.165, 1.54) is 17.8 Å². The number of hydrogen-bond acceptors (Lipinski definition) is 8. The molecule has 0 unspecified atom stereocenters. The zero-order valence-electron chi connectivity index (χ0n) is 17.6. The molecule has 1 amide bonds. The third-order valence-electron chi connectivity index (χ3n) is 5.36. The highest BCUT2D eigenvalue weighted by atomic mass is 35.5. The van der Waals surface area contributed by atoms with Crippen LogP contribution in [0.5, 0.6) is 0 Å². The van der Waals surface area contributed by atoms with Gasteiger partial charge in [-0.15, -0.1) is 0 Å². The minimum Gasteiger partial charge on any atom is -0.373 e. The number of halogens is 1. The second kappa shape index (κ2) is 9.01. The first kappa shape index (κ1) is 21.8.